The number of aryl methyl sites for hydroxylation is 2. The maximum absolute atomic E-state index is 11.7. The number of carbonyl (C=O) groups is 2. The van der Waals surface area contributed by atoms with E-state index in [1.165, 1.54) is 13.2 Å². The fourth-order valence-corrected chi connectivity index (χ4v) is 6.10. The van der Waals surface area contributed by atoms with Crippen LogP contribution in [0.5, 0.6) is 11.5 Å². The van der Waals surface area contributed by atoms with Crippen LogP contribution >= 0.6 is 0 Å². The lowest BCUT2D eigenvalue weighted by Crippen LogP contribution is -2.61. The van der Waals surface area contributed by atoms with E-state index in [0.717, 1.165) is 39.1 Å². The van der Waals surface area contributed by atoms with Crippen LogP contribution in [0.3, 0.4) is 0 Å². The average Bonchev–Trinajstić information content (AvgIpc) is 2.87. The standard InChI is InChI=1S/C32H37NO7S/c1-22-15-29(39-13-6-14-41(4,37)38)16-23(2)31(22)26-8-5-7-25(17-26)19-40-28-11-9-27(10-12-28)32(18-30(35)36)20-33(21-32)24(3)34/h5,7-12,15-17H,6,13-14,18-21H2,1-4H3,(H,35,36). The molecule has 1 aliphatic rings. The van der Waals surface area contributed by atoms with Gasteiger partial charge in [0, 0.05) is 31.7 Å². The van der Waals surface area contributed by atoms with Gasteiger partial charge in [-0.3, -0.25) is 9.59 Å². The quantitative estimate of drug-likeness (QED) is 0.303. The zero-order chi connectivity index (χ0) is 29.8. The second-order valence-corrected chi connectivity index (χ2v) is 13.3. The Morgan fingerprint density at radius 2 is 1.61 bits per heavy atom. The van der Waals surface area contributed by atoms with Crippen molar-refractivity contribution in [2.75, 3.05) is 31.7 Å². The number of nitrogens with zero attached hydrogens (tertiary/aromatic N) is 1. The monoisotopic (exact) mass is 579 g/mol. The van der Waals surface area contributed by atoms with Gasteiger partial charge in [-0.25, -0.2) is 8.42 Å². The first-order chi connectivity index (χ1) is 19.3. The third-order valence-corrected chi connectivity index (χ3v) is 8.47. The van der Waals surface area contributed by atoms with Crippen LogP contribution in [0.15, 0.2) is 60.7 Å². The van der Waals surface area contributed by atoms with Crippen molar-refractivity contribution in [3.05, 3.63) is 82.9 Å². The van der Waals surface area contributed by atoms with Gasteiger partial charge in [-0.15, -0.1) is 0 Å². The van der Waals surface area contributed by atoms with E-state index in [0.29, 0.717) is 38.5 Å². The van der Waals surface area contributed by atoms with E-state index >= 15 is 0 Å². The van der Waals surface area contributed by atoms with Crippen molar-refractivity contribution in [3.8, 4) is 22.6 Å². The van der Waals surface area contributed by atoms with E-state index < -0.39 is 21.2 Å². The molecule has 0 saturated carbocycles. The molecule has 3 aromatic rings. The second-order valence-electron chi connectivity index (χ2n) is 11.0. The molecule has 1 heterocycles. The molecular weight excluding hydrogens is 542 g/mol. The lowest BCUT2D eigenvalue weighted by molar-refractivity contribution is -0.146. The number of ether oxygens (including phenoxy) is 2. The summed E-state index contributed by atoms with van der Waals surface area (Å²) >= 11 is 0. The van der Waals surface area contributed by atoms with Gasteiger partial charge in [0.2, 0.25) is 5.91 Å². The van der Waals surface area contributed by atoms with Crippen molar-refractivity contribution in [1.82, 2.24) is 4.90 Å². The number of carboxylic acid groups (broad SMARTS) is 1. The molecule has 0 aliphatic carbocycles. The molecule has 1 amide bonds. The Kier molecular flexibility index (Phi) is 9.07. The van der Waals surface area contributed by atoms with Crippen LogP contribution in [0.4, 0.5) is 0 Å². The van der Waals surface area contributed by atoms with Crippen LogP contribution in [0.25, 0.3) is 11.1 Å². The molecule has 3 aromatic carbocycles. The first kappa shape index (κ1) is 30.1. The number of amides is 1. The van der Waals surface area contributed by atoms with E-state index in [4.69, 9.17) is 9.47 Å². The van der Waals surface area contributed by atoms with Gasteiger partial charge >= 0.3 is 5.97 Å². The lowest BCUT2D eigenvalue weighted by Gasteiger charge is -2.49. The van der Waals surface area contributed by atoms with Crippen LogP contribution in [0, 0.1) is 13.8 Å². The number of carboxylic acids is 1. The number of rotatable bonds is 12. The fraction of sp³-hybridized carbons (Fsp3) is 0.375. The number of sulfone groups is 1. The molecule has 41 heavy (non-hydrogen) atoms. The Hall–Kier alpha value is -3.85. The zero-order valence-corrected chi connectivity index (χ0v) is 24.8. The smallest absolute Gasteiger partial charge is 0.304 e. The molecule has 218 valence electrons. The van der Waals surface area contributed by atoms with Crippen molar-refractivity contribution in [2.45, 2.75) is 45.6 Å². The van der Waals surface area contributed by atoms with Gasteiger partial charge in [-0.05, 0) is 84.0 Å². The van der Waals surface area contributed by atoms with Crippen LogP contribution in [0.1, 0.15) is 42.0 Å². The van der Waals surface area contributed by atoms with Gasteiger partial charge in [0.05, 0.1) is 18.8 Å². The fourth-order valence-electron chi connectivity index (χ4n) is 5.45. The first-order valence-corrected chi connectivity index (χ1v) is 15.6. The number of carbonyl (C=O) groups excluding carboxylic acids is 1. The number of hydrogen-bond donors (Lipinski definition) is 1. The van der Waals surface area contributed by atoms with Crippen LogP contribution in [-0.2, 0) is 31.4 Å². The Labute approximate surface area is 241 Å². The molecule has 1 fully saturated rings. The van der Waals surface area contributed by atoms with Crippen LogP contribution < -0.4 is 9.47 Å². The summed E-state index contributed by atoms with van der Waals surface area (Å²) in [4.78, 5) is 24.8. The average molecular weight is 580 g/mol. The SMILES string of the molecule is CC(=O)N1CC(CC(=O)O)(c2ccc(OCc3cccc(-c4c(C)cc(OCCCS(C)(=O)=O)cc4C)c3)cc2)C1. The second kappa shape index (κ2) is 12.3. The molecule has 0 atom stereocenters. The van der Waals surface area contributed by atoms with E-state index in [-0.39, 0.29) is 18.1 Å². The lowest BCUT2D eigenvalue weighted by atomic mass is 9.71. The summed E-state index contributed by atoms with van der Waals surface area (Å²) in [5.41, 5.74) is 5.62. The first-order valence-electron chi connectivity index (χ1n) is 13.6. The van der Waals surface area contributed by atoms with Crippen molar-refractivity contribution in [2.24, 2.45) is 0 Å². The van der Waals surface area contributed by atoms with Crippen LogP contribution in [0.2, 0.25) is 0 Å². The minimum absolute atomic E-state index is 0.0289. The number of likely N-dealkylation sites (tertiary alicyclic amines) is 1. The summed E-state index contributed by atoms with van der Waals surface area (Å²) < 4.78 is 34.5. The van der Waals surface area contributed by atoms with Crippen molar-refractivity contribution < 1.29 is 32.6 Å². The topological polar surface area (TPSA) is 110 Å². The Morgan fingerprint density at radius 1 is 0.951 bits per heavy atom. The number of benzene rings is 3. The molecule has 4 rings (SSSR count). The molecule has 1 aliphatic heterocycles. The summed E-state index contributed by atoms with van der Waals surface area (Å²) in [6.07, 6.45) is 1.65. The highest BCUT2D eigenvalue weighted by molar-refractivity contribution is 7.90. The molecule has 0 spiro atoms. The minimum Gasteiger partial charge on any atom is -0.494 e. The molecule has 0 radical (unpaired) electrons. The summed E-state index contributed by atoms with van der Waals surface area (Å²) in [6, 6.07) is 19.6. The van der Waals surface area contributed by atoms with Crippen molar-refractivity contribution in [1.29, 1.82) is 0 Å². The number of hydrogen-bond acceptors (Lipinski definition) is 6. The molecule has 0 unspecified atom stereocenters. The molecule has 1 saturated heterocycles. The van der Waals surface area contributed by atoms with Crippen molar-refractivity contribution in [3.63, 3.8) is 0 Å². The highest BCUT2D eigenvalue weighted by Crippen LogP contribution is 2.39. The third kappa shape index (κ3) is 7.67. The predicted molar refractivity (Wildman–Crippen MR) is 158 cm³/mol. The molecule has 0 aromatic heterocycles. The Bertz CT molecular complexity index is 1500. The summed E-state index contributed by atoms with van der Waals surface area (Å²) in [6.45, 7) is 7.07. The largest absolute Gasteiger partial charge is 0.494 e. The molecular formula is C32H37NO7S. The minimum atomic E-state index is -3.00. The van der Waals surface area contributed by atoms with Gasteiger partial charge in [0.1, 0.15) is 27.9 Å². The summed E-state index contributed by atoms with van der Waals surface area (Å²) in [5, 5.41) is 9.43. The highest BCUT2D eigenvalue weighted by atomic mass is 32.2. The Balaban J connectivity index is 1.41. The normalized spacial score (nSPS) is 14.3. The molecule has 1 N–H and O–H groups in total. The van der Waals surface area contributed by atoms with Gasteiger partial charge in [-0.1, -0.05) is 30.3 Å². The van der Waals surface area contributed by atoms with Gasteiger partial charge in [-0.2, -0.15) is 0 Å². The van der Waals surface area contributed by atoms with Gasteiger partial charge in [0.25, 0.3) is 0 Å². The highest BCUT2D eigenvalue weighted by Gasteiger charge is 2.47. The van der Waals surface area contributed by atoms with E-state index in [1.807, 2.05) is 62.4 Å². The maximum atomic E-state index is 11.7. The van der Waals surface area contributed by atoms with Gasteiger partial charge < -0.3 is 19.5 Å². The van der Waals surface area contributed by atoms with Crippen molar-refractivity contribution >= 4 is 21.7 Å². The molecule has 0 bridgehead atoms. The Morgan fingerprint density at radius 3 is 2.20 bits per heavy atom. The van der Waals surface area contributed by atoms with E-state index in [1.54, 1.807) is 4.90 Å². The molecule has 9 heteroatoms. The van der Waals surface area contributed by atoms with Crippen LogP contribution in [-0.4, -0.2) is 62.0 Å². The molecule has 8 nitrogen and oxygen atoms in total. The third-order valence-electron chi connectivity index (χ3n) is 7.44. The summed E-state index contributed by atoms with van der Waals surface area (Å²) in [5.74, 6) is 0.571. The zero-order valence-electron chi connectivity index (χ0n) is 24.0. The van der Waals surface area contributed by atoms with E-state index in [9.17, 15) is 23.1 Å². The number of aliphatic carboxylic acids is 1. The predicted octanol–water partition coefficient (Wildman–Crippen LogP) is 4.94. The maximum Gasteiger partial charge on any atom is 0.304 e. The van der Waals surface area contributed by atoms with E-state index in [2.05, 4.69) is 12.1 Å². The summed E-state index contributed by atoms with van der Waals surface area (Å²) in [7, 11) is -3.00. The van der Waals surface area contributed by atoms with Gasteiger partial charge in [0.15, 0.2) is 0 Å².